The van der Waals surface area contributed by atoms with E-state index >= 15 is 0 Å². The maximum absolute atomic E-state index is 14.0. The van der Waals surface area contributed by atoms with E-state index < -0.39 is 0 Å². The lowest BCUT2D eigenvalue weighted by Crippen LogP contribution is -2.26. The lowest BCUT2D eigenvalue weighted by atomic mass is 10.0. The third-order valence-corrected chi connectivity index (χ3v) is 5.87. The van der Waals surface area contributed by atoms with Crippen LogP contribution in [-0.2, 0) is 6.42 Å². The van der Waals surface area contributed by atoms with E-state index in [9.17, 15) is 9.50 Å². The van der Waals surface area contributed by atoms with Gasteiger partial charge in [0.25, 0.3) is 0 Å². The SMILES string of the molecule is COc1ccc(F)c(O[C@H]2C[C@@H]3CN(CCc4ccc(O)cc4)C[C@@H]3C2)c1. The molecule has 0 amide bonds. The van der Waals surface area contributed by atoms with Crippen molar-refractivity contribution >= 4 is 0 Å². The number of ether oxygens (including phenoxy) is 2. The van der Waals surface area contributed by atoms with Gasteiger partial charge in [-0.15, -0.1) is 0 Å². The highest BCUT2D eigenvalue weighted by Gasteiger charge is 2.41. The molecule has 0 aromatic heterocycles. The van der Waals surface area contributed by atoms with Crippen molar-refractivity contribution in [2.75, 3.05) is 26.7 Å². The number of fused-ring (bicyclic) bond motifs is 1. The Kier molecular flexibility index (Phi) is 5.21. The highest BCUT2D eigenvalue weighted by Crippen LogP contribution is 2.40. The van der Waals surface area contributed by atoms with Crippen LogP contribution in [0.1, 0.15) is 18.4 Å². The van der Waals surface area contributed by atoms with Crippen LogP contribution in [0, 0.1) is 17.7 Å². The summed E-state index contributed by atoms with van der Waals surface area (Å²) in [6.45, 7) is 3.21. The van der Waals surface area contributed by atoms with Crippen LogP contribution in [0.2, 0.25) is 0 Å². The summed E-state index contributed by atoms with van der Waals surface area (Å²) < 4.78 is 25.1. The lowest BCUT2D eigenvalue weighted by molar-refractivity contribution is 0.178. The predicted octanol–water partition coefficient (Wildman–Crippen LogP) is 3.87. The van der Waals surface area contributed by atoms with Crippen LogP contribution >= 0.6 is 0 Å². The van der Waals surface area contributed by atoms with E-state index in [1.807, 2.05) is 12.1 Å². The number of benzene rings is 2. The smallest absolute Gasteiger partial charge is 0.165 e. The van der Waals surface area contributed by atoms with Crippen LogP contribution in [0.25, 0.3) is 0 Å². The molecule has 2 aromatic rings. The Balaban J connectivity index is 1.27. The van der Waals surface area contributed by atoms with Crippen LogP contribution in [0.5, 0.6) is 17.2 Å². The molecule has 2 fully saturated rings. The van der Waals surface area contributed by atoms with E-state index in [2.05, 4.69) is 4.90 Å². The highest BCUT2D eigenvalue weighted by molar-refractivity contribution is 5.34. The van der Waals surface area contributed by atoms with E-state index in [0.717, 1.165) is 38.9 Å². The third-order valence-electron chi connectivity index (χ3n) is 5.87. The van der Waals surface area contributed by atoms with Gasteiger partial charge in [-0.2, -0.15) is 0 Å². The van der Waals surface area contributed by atoms with E-state index in [0.29, 0.717) is 29.1 Å². The van der Waals surface area contributed by atoms with Crippen molar-refractivity contribution in [3.05, 3.63) is 53.8 Å². The fourth-order valence-corrected chi connectivity index (χ4v) is 4.45. The van der Waals surface area contributed by atoms with Crippen molar-refractivity contribution in [2.24, 2.45) is 11.8 Å². The average molecular weight is 371 g/mol. The molecule has 144 valence electrons. The van der Waals surface area contributed by atoms with Gasteiger partial charge in [0.05, 0.1) is 13.2 Å². The minimum absolute atomic E-state index is 0.0841. The Morgan fingerprint density at radius 3 is 2.44 bits per heavy atom. The van der Waals surface area contributed by atoms with Crippen LogP contribution < -0.4 is 9.47 Å². The van der Waals surface area contributed by atoms with Crippen molar-refractivity contribution in [3.8, 4) is 17.2 Å². The summed E-state index contributed by atoms with van der Waals surface area (Å²) in [5.41, 5.74) is 1.25. The molecule has 1 aliphatic heterocycles. The highest BCUT2D eigenvalue weighted by atomic mass is 19.1. The second-order valence-electron chi connectivity index (χ2n) is 7.70. The fraction of sp³-hybridized carbons (Fsp3) is 0.455. The summed E-state index contributed by atoms with van der Waals surface area (Å²) in [7, 11) is 1.57. The Labute approximate surface area is 159 Å². The minimum Gasteiger partial charge on any atom is -0.508 e. The molecular weight excluding hydrogens is 345 g/mol. The molecule has 1 saturated heterocycles. The number of aromatic hydroxyl groups is 1. The van der Waals surface area contributed by atoms with Gasteiger partial charge in [-0.05, 0) is 60.9 Å². The Morgan fingerprint density at radius 1 is 1.07 bits per heavy atom. The number of likely N-dealkylation sites (tertiary alicyclic amines) is 1. The van der Waals surface area contributed by atoms with Gasteiger partial charge in [0.2, 0.25) is 0 Å². The maximum atomic E-state index is 14.0. The molecule has 2 aliphatic rings. The number of phenolic OH excluding ortho intramolecular Hbond substituents is 1. The lowest BCUT2D eigenvalue weighted by Gasteiger charge is -2.20. The van der Waals surface area contributed by atoms with Gasteiger partial charge in [-0.25, -0.2) is 4.39 Å². The molecule has 2 aromatic carbocycles. The summed E-state index contributed by atoms with van der Waals surface area (Å²) in [5, 5.41) is 9.37. The second-order valence-corrected chi connectivity index (χ2v) is 7.70. The minimum atomic E-state index is -0.330. The van der Waals surface area contributed by atoms with Crippen molar-refractivity contribution in [1.29, 1.82) is 0 Å². The van der Waals surface area contributed by atoms with E-state index in [4.69, 9.17) is 9.47 Å². The van der Waals surface area contributed by atoms with Crippen LogP contribution in [0.4, 0.5) is 4.39 Å². The van der Waals surface area contributed by atoms with Crippen LogP contribution in [0.15, 0.2) is 42.5 Å². The Bertz CT molecular complexity index is 766. The number of halogens is 1. The normalized spacial score (nSPS) is 24.7. The Morgan fingerprint density at radius 2 is 1.78 bits per heavy atom. The molecule has 0 unspecified atom stereocenters. The second kappa shape index (κ2) is 7.77. The number of nitrogens with zero attached hydrogens (tertiary/aromatic N) is 1. The summed E-state index contributed by atoms with van der Waals surface area (Å²) in [4.78, 5) is 2.52. The molecular formula is C22H26FNO3. The first-order chi connectivity index (χ1) is 13.1. The zero-order valence-corrected chi connectivity index (χ0v) is 15.6. The number of rotatable bonds is 6. The predicted molar refractivity (Wildman–Crippen MR) is 102 cm³/mol. The van der Waals surface area contributed by atoms with Crippen molar-refractivity contribution < 1.29 is 19.0 Å². The first kappa shape index (κ1) is 18.1. The van der Waals surface area contributed by atoms with E-state index in [-0.39, 0.29) is 11.9 Å². The molecule has 0 bridgehead atoms. The van der Waals surface area contributed by atoms with Crippen LogP contribution in [-0.4, -0.2) is 42.9 Å². The summed E-state index contributed by atoms with van der Waals surface area (Å²) in [6.07, 6.45) is 3.05. The molecule has 0 spiro atoms. The number of phenols is 1. The maximum Gasteiger partial charge on any atom is 0.165 e. The van der Waals surface area contributed by atoms with Crippen molar-refractivity contribution in [2.45, 2.75) is 25.4 Å². The first-order valence-corrected chi connectivity index (χ1v) is 9.61. The van der Waals surface area contributed by atoms with Gasteiger partial charge in [-0.3, -0.25) is 0 Å². The zero-order valence-electron chi connectivity index (χ0n) is 15.6. The average Bonchev–Trinajstić information content (AvgIpc) is 3.21. The standard InChI is InChI=1S/C22H26FNO3/c1-26-19-6-7-21(23)22(12-19)27-20-10-16-13-24(14-17(16)11-20)9-8-15-2-4-18(25)5-3-15/h2-7,12,16-17,20,25H,8-11,13-14H2,1H3/t16-,17+,20+. The molecule has 1 N–H and O–H groups in total. The molecule has 5 heteroatoms. The first-order valence-electron chi connectivity index (χ1n) is 9.61. The molecule has 3 atom stereocenters. The van der Waals surface area contributed by atoms with Gasteiger partial charge in [-0.1, -0.05) is 12.1 Å². The van der Waals surface area contributed by atoms with E-state index in [1.165, 1.54) is 11.6 Å². The van der Waals surface area contributed by atoms with Gasteiger partial charge in [0.15, 0.2) is 11.6 Å². The van der Waals surface area contributed by atoms with Gasteiger partial charge in [0.1, 0.15) is 11.5 Å². The van der Waals surface area contributed by atoms with Crippen molar-refractivity contribution in [3.63, 3.8) is 0 Å². The molecule has 4 nitrogen and oxygen atoms in total. The van der Waals surface area contributed by atoms with Gasteiger partial charge < -0.3 is 19.5 Å². The number of hydrogen-bond donors (Lipinski definition) is 1. The number of methoxy groups -OCH3 is 1. The third kappa shape index (κ3) is 4.19. The molecule has 1 saturated carbocycles. The largest absolute Gasteiger partial charge is 0.508 e. The van der Waals surface area contributed by atoms with Gasteiger partial charge in [0, 0.05) is 25.7 Å². The van der Waals surface area contributed by atoms with Crippen molar-refractivity contribution in [1.82, 2.24) is 4.90 Å². The summed E-state index contributed by atoms with van der Waals surface area (Å²) in [5.74, 6) is 2.15. The Hall–Kier alpha value is -2.27. The molecule has 4 rings (SSSR count). The van der Waals surface area contributed by atoms with E-state index in [1.54, 1.807) is 31.4 Å². The zero-order chi connectivity index (χ0) is 18.8. The topological polar surface area (TPSA) is 41.9 Å². The summed E-state index contributed by atoms with van der Waals surface area (Å²) in [6, 6.07) is 12.1. The monoisotopic (exact) mass is 371 g/mol. The molecule has 1 heterocycles. The molecule has 27 heavy (non-hydrogen) atoms. The number of hydrogen-bond acceptors (Lipinski definition) is 4. The molecule has 0 radical (unpaired) electrons. The van der Waals surface area contributed by atoms with Gasteiger partial charge >= 0.3 is 0 Å². The quantitative estimate of drug-likeness (QED) is 0.837. The fourth-order valence-electron chi connectivity index (χ4n) is 4.45. The van der Waals surface area contributed by atoms with Crippen LogP contribution in [0.3, 0.4) is 0 Å². The summed E-state index contributed by atoms with van der Waals surface area (Å²) >= 11 is 0. The molecule has 1 aliphatic carbocycles.